The second-order valence-electron chi connectivity index (χ2n) is 7.44. The standard InChI is InChI=1S/C22H21F3N4O3/c1-31-18-8-6-15(22(23,24)25)12-17(18)26-21(30)14-4-2-10-29(13-14)20-9-7-16(27-28-20)19-5-3-11-32-19/h3,5-9,11-12,14H,2,4,10,13H2,1H3,(H,26,30). The molecule has 168 valence electrons. The Kier molecular flexibility index (Phi) is 6.02. The molecule has 1 N–H and O–H groups in total. The molecule has 1 atom stereocenters. The summed E-state index contributed by atoms with van der Waals surface area (Å²) in [6.45, 7) is 1.08. The third kappa shape index (κ3) is 4.68. The normalized spacial score (nSPS) is 16.6. The fraction of sp³-hybridized carbons (Fsp3) is 0.318. The number of halogens is 3. The van der Waals surface area contributed by atoms with Crippen LogP contribution < -0.4 is 15.0 Å². The van der Waals surface area contributed by atoms with Gasteiger partial charge in [0.15, 0.2) is 11.6 Å². The Labute approximate surface area is 182 Å². The summed E-state index contributed by atoms with van der Waals surface area (Å²) in [5.41, 5.74) is -0.264. The van der Waals surface area contributed by atoms with E-state index in [0.717, 1.165) is 18.6 Å². The van der Waals surface area contributed by atoms with Gasteiger partial charge in [-0.05, 0) is 55.3 Å². The third-order valence-electron chi connectivity index (χ3n) is 5.32. The minimum atomic E-state index is -4.52. The summed E-state index contributed by atoms with van der Waals surface area (Å²) < 4.78 is 49.6. The van der Waals surface area contributed by atoms with E-state index in [1.807, 2.05) is 4.90 Å². The van der Waals surface area contributed by atoms with Gasteiger partial charge in [-0.3, -0.25) is 4.79 Å². The minimum Gasteiger partial charge on any atom is -0.495 e. The van der Waals surface area contributed by atoms with Gasteiger partial charge in [0.25, 0.3) is 0 Å². The number of anilines is 2. The molecular formula is C22H21F3N4O3. The topological polar surface area (TPSA) is 80.5 Å². The van der Waals surface area contributed by atoms with Crippen LogP contribution in [0.2, 0.25) is 0 Å². The number of methoxy groups -OCH3 is 1. The zero-order chi connectivity index (χ0) is 22.7. The number of nitrogens with zero attached hydrogens (tertiary/aromatic N) is 3. The van der Waals surface area contributed by atoms with Gasteiger partial charge in [-0.25, -0.2) is 0 Å². The number of nitrogens with one attached hydrogen (secondary N) is 1. The van der Waals surface area contributed by atoms with Crippen molar-refractivity contribution < 1.29 is 27.1 Å². The largest absolute Gasteiger partial charge is 0.495 e. The van der Waals surface area contributed by atoms with Crippen LogP contribution in [-0.2, 0) is 11.0 Å². The Balaban J connectivity index is 1.46. The van der Waals surface area contributed by atoms with Gasteiger partial charge in [-0.2, -0.15) is 13.2 Å². The molecule has 0 aliphatic carbocycles. The number of carbonyl (C=O) groups is 1. The van der Waals surface area contributed by atoms with Gasteiger partial charge in [-0.1, -0.05) is 0 Å². The lowest BCUT2D eigenvalue weighted by atomic mass is 9.97. The maximum Gasteiger partial charge on any atom is 0.416 e. The first kappa shape index (κ1) is 21.7. The first-order valence-corrected chi connectivity index (χ1v) is 10.0. The van der Waals surface area contributed by atoms with Crippen molar-refractivity contribution in [2.75, 3.05) is 30.4 Å². The van der Waals surface area contributed by atoms with Crippen molar-refractivity contribution in [3.63, 3.8) is 0 Å². The molecule has 0 saturated carbocycles. The Morgan fingerprint density at radius 3 is 2.72 bits per heavy atom. The molecule has 0 radical (unpaired) electrons. The van der Waals surface area contributed by atoms with Crippen molar-refractivity contribution in [3.05, 3.63) is 54.3 Å². The van der Waals surface area contributed by atoms with Crippen LogP contribution >= 0.6 is 0 Å². The van der Waals surface area contributed by atoms with Crippen molar-refractivity contribution in [1.29, 1.82) is 0 Å². The number of aromatic nitrogens is 2. The van der Waals surface area contributed by atoms with Crippen LogP contribution in [-0.4, -0.2) is 36.3 Å². The second-order valence-corrected chi connectivity index (χ2v) is 7.44. The summed E-state index contributed by atoms with van der Waals surface area (Å²) in [5, 5.41) is 11.0. The monoisotopic (exact) mass is 446 g/mol. The molecule has 1 unspecified atom stereocenters. The van der Waals surface area contributed by atoms with Crippen LogP contribution in [0.25, 0.3) is 11.5 Å². The fourth-order valence-electron chi connectivity index (χ4n) is 3.67. The van der Waals surface area contributed by atoms with E-state index in [4.69, 9.17) is 9.15 Å². The SMILES string of the molecule is COc1ccc(C(F)(F)F)cc1NC(=O)C1CCCN(c2ccc(-c3ccco3)nn2)C1. The zero-order valence-electron chi connectivity index (χ0n) is 17.2. The lowest BCUT2D eigenvalue weighted by Crippen LogP contribution is -2.41. The Hall–Kier alpha value is -3.56. The van der Waals surface area contributed by atoms with Crippen molar-refractivity contribution in [3.8, 4) is 17.2 Å². The zero-order valence-corrected chi connectivity index (χ0v) is 17.2. The summed E-state index contributed by atoms with van der Waals surface area (Å²) >= 11 is 0. The average Bonchev–Trinajstić information content (AvgIpc) is 3.34. The summed E-state index contributed by atoms with van der Waals surface area (Å²) in [7, 11) is 1.34. The molecule has 7 nitrogen and oxygen atoms in total. The molecular weight excluding hydrogens is 425 g/mol. The molecule has 1 amide bonds. The van der Waals surface area contributed by atoms with E-state index < -0.39 is 17.7 Å². The van der Waals surface area contributed by atoms with Gasteiger partial charge in [-0.15, -0.1) is 10.2 Å². The molecule has 3 aromatic rings. The molecule has 1 fully saturated rings. The van der Waals surface area contributed by atoms with Crippen molar-refractivity contribution >= 4 is 17.4 Å². The van der Waals surface area contributed by atoms with Crippen molar-refractivity contribution in [2.45, 2.75) is 19.0 Å². The summed E-state index contributed by atoms with van der Waals surface area (Å²) in [4.78, 5) is 14.8. The molecule has 1 aliphatic rings. The Bertz CT molecular complexity index is 1070. The van der Waals surface area contributed by atoms with E-state index in [1.165, 1.54) is 13.2 Å². The van der Waals surface area contributed by atoms with E-state index in [1.54, 1.807) is 30.5 Å². The highest BCUT2D eigenvalue weighted by Crippen LogP contribution is 2.35. The predicted octanol–water partition coefficient (Wildman–Crippen LogP) is 4.62. The predicted molar refractivity (Wildman–Crippen MR) is 111 cm³/mol. The van der Waals surface area contributed by atoms with E-state index >= 15 is 0 Å². The van der Waals surface area contributed by atoms with Crippen LogP contribution in [0, 0.1) is 5.92 Å². The smallest absolute Gasteiger partial charge is 0.416 e. The van der Waals surface area contributed by atoms with E-state index in [0.29, 0.717) is 36.8 Å². The van der Waals surface area contributed by atoms with E-state index in [-0.39, 0.29) is 17.3 Å². The minimum absolute atomic E-state index is 0.00737. The van der Waals surface area contributed by atoms with Gasteiger partial charge >= 0.3 is 6.18 Å². The lowest BCUT2D eigenvalue weighted by molar-refractivity contribution is -0.137. The number of piperidine rings is 1. The van der Waals surface area contributed by atoms with Crippen LogP contribution in [0.5, 0.6) is 5.75 Å². The van der Waals surface area contributed by atoms with Crippen LogP contribution in [0.15, 0.2) is 53.1 Å². The maximum absolute atomic E-state index is 13.1. The number of hydrogen-bond donors (Lipinski definition) is 1. The summed E-state index contributed by atoms with van der Waals surface area (Å²) in [6, 6.07) is 10.1. The molecule has 1 aliphatic heterocycles. The van der Waals surface area contributed by atoms with Crippen molar-refractivity contribution in [2.24, 2.45) is 5.92 Å². The molecule has 32 heavy (non-hydrogen) atoms. The number of alkyl halides is 3. The fourth-order valence-corrected chi connectivity index (χ4v) is 3.67. The molecule has 10 heteroatoms. The van der Waals surface area contributed by atoms with Gasteiger partial charge in [0.2, 0.25) is 5.91 Å². The summed E-state index contributed by atoms with van der Waals surface area (Å²) in [6.07, 6.45) is -1.62. The molecule has 1 saturated heterocycles. The number of hydrogen-bond acceptors (Lipinski definition) is 6. The highest BCUT2D eigenvalue weighted by molar-refractivity contribution is 5.94. The molecule has 0 spiro atoms. The Morgan fingerprint density at radius 1 is 1.22 bits per heavy atom. The molecule has 2 aromatic heterocycles. The average molecular weight is 446 g/mol. The number of rotatable bonds is 5. The Morgan fingerprint density at radius 2 is 2.06 bits per heavy atom. The van der Waals surface area contributed by atoms with Crippen molar-refractivity contribution in [1.82, 2.24) is 10.2 Å². The molecule has 3 heterocycles. The molecule has 4 rings (SSSR count). The first-order chi connectivity index (χ1) is 15.3. The van der Waals surface area contributed by atoms with Gasteiger partial charge in [0.05, 0.1) is 30.5 Å². The van der Waals surface area contributed by atoms with E-state index in [9.17, 15) is 18.0 Å². The van der Waals surface area contributed by atoms with Crippen LogP contribution in [0.4, 0.5) is 24.7 Å². The molecule has 0 bridgehead atoms. The third-order valence-corrected chi connectivity index (χ3v) is 5.32. The number of benzene rings is 1. The number of furan rings is 1. The number of ether oxygens (including phenoxy) is 1. The quantitative estimate of drug-likeness (QED) is 0.616. The number of amides is 1. The summed E-state index contributed by atoms with van der Waals surface area (Å²) in [5.74, 6) is 0.602. The lowest BCUT2D eigenvalue weighted by Gasteiger charge is -2.32. The highest BCUT2D eigenvalue weighted by atomic mass is 19.4. The van der Waals surface area contributed by atoms with E-state index in [2.05, 4.69) is 15.5 Å². The second kappa shape index (κ2) is 8.89. The first-order valence-electron chi connectivity index (χ1n) is 10.0. The van der Waals surface area contributed by atoms with Crippen LogP contribution in [0.3, 0.4) is 0 Å². The highest BCUT2D eigenvalue weighted by Gasteiger charge is 2.32. The van der Waals surface area contributed by atoms with Crippen LogP contribution in [0.1, 0.15) is 18.4 Å². The maximum atomic E-state index is 13.1. The van der Waals surface area contributed by atoms with Gasteiger partial charge in [0.1, 0.15) is 11.4 Å². The molecule has 1 aromatic carbocycles. The van der Waals surface area contributed by atoms with Gasteiger partial charge < -0.3 is 19.4 Å². The van der Waals surface area contributed by atoms with Gasteiger partial charge in [0, 0.05) is 13.1 Å². The number of carbonyl (C=O) groups excluding carboxylic acids is 1.